The second kappa shape index (κ2) is 11.3. The largest absolute Gasteiger partial charge is 0.496 e. The number of thiazole rings is 1. The number of fused-ring (bicyclic) bond motifs is 2. The molecule has 0 amide bonds. The van der Waals surface area contributed by atoms with Crippen LogP contribution in [0.4, 0.5) is 0 Å². The van der Waals surface area contributed by atoms with Crippen molar-refractivity contribution in [3.63, 3.8) is 0 Å². The molecule has 5 rings (SSSR count). The number of ether oxygens (including phenoxy) is 4. The summed E-state index contributed by atoms with van der Waals surface area (Å²) in [6, 6.07) is 8.89. The molecule has 1 atom stereocenters. The minimum absolute atomic E-state index is 0.128. The number of carbonyl (C=O) groups excluding carboxylic acids is 1. The fourth-order valence-electron chi connectivity index (χ4n) is 5.16. The third-order valence-corrected chi connectivity index (χ3v) is 8.11. The van der Waals surface area contributed by atoms with E-state index in [2.05, 4.69) is 19.9 Å². The quantitative estimate of drug-likeness (QED) is 0.369. The molecule has 40 heavy (non-hydrogen) atoms. The van der Waals surface area contributed by atoms with E-state index >= 15 is 0 Å². The fourth-order valence-corrected chi connectivity index (χ4v) is 6.17. The van der Waals surface area contributed by atoms with E-state index in [4.69, 9.17) is 23.9 Å². The second-order valence-electron chi connectivity index (χ2n) is 10.1. The summed E-state index contributed by atoms with van der Waals surface area (Å²) >= 11 is 1.33. The number of hydrogen-bond acceptors (Lipinski definition) is 8. The Bertz CT molecular complexity index is 1680. The highest BCUT2D eigenvalue weighted by molar-refractivity contribution is 7.07. The first-order chi connectivity index (χ1) is 19.3. The summed E-state index contributed by atoms with van der Waals surface area (Å²) in [6.07, 6.45) is 3.28. The van der Waals surface area contributed by atoms with Crippen molar-refractivity contribution in [3.8, 4) is 17.2 Å². The summed E-state index contributed by atoms with van der Waals surface area (Å²) in [6.45, 7) is 10.4. The minimum Gasteiger partial charge on any atom is -0.496 e. The van der Waals surface area contributed by atoms with Gasteiger partial charge in [-0.15, -0.1) is 0 Å². The predicted octanol–water partition coefficient (Wildman–Crippen LogP) is 4.75. The molecule has 0 saturated heterocycles. The molecule has 2 aromatic carbocycles. The lowest BCUT2D eigenvalue weighted by molar-refractivity contribution is -0.139. The van der Waals surface area contributed by atoms with Crippen LogP contribution in [0.5, 0.6) is 17.2 Å². The molecule has 0 bridgehead atoms. The van der Waals surface area contributed by atoms with Crippen molar-refractivity contribution >= 4 is 23.4 Å². The SMILES string of the molecule is CCCC1=C(C(=O)OCC)[C@@H](c2ccc3c(c2)OCO3)n2c(s/c(=C/c3cc(C(C)C)c(OC)cc3C)c2=O)=N1. The molecule has 0 radical (unpaired) electrons. The van der Waals surface area contributed by atoms with Crippen LogP contribution in [0.2, 0.25) is 0 Å². The molecule has 0 aliphatic carbocycles. The van der Waals surface area contributed by atoms with Crippen molar-refractivity contribution in [2.45, 2.75) is 59.4 Å². The lowest BCUT2D eigenvalue weighted by Crippen LogP contribution is -2.40. The number of esters is 1. The smallest absolute Gasteiger partial charge is 0.338 e. The Morgan fingerprint density at radius 3 is 2.67 bits per heavy atom. The van der Waals surface area contributed by atoms with Gasteiger partial charge >= 0.3 is 5.97 Å². The zero-order valence-corrected chi connectivity index (χ0v) is 24.5. The molecular formula is C31H34N2O6S. The Labute approximate surface area is 237 Å². The molecule has 2 aliphatic heterocycles. The highest BCUT2D eigenvalue weighted by Crippen LogP contribution is 2.39. The summed E-state index contributed by atoms with van der Waals surface area (Å²) in [5, 5.41) is 0. The van der Waals surface area contributed by atoms with Crippen molar-refractivity contribution in [3.05, 3.63) is 83.5 Å². The van der Waals surface area contributed by atoms with Crippen LogP contribution in [0.3, 0.4) is 0 Å². The first kappa shape index (κ1) is 27.7. The Morgan fingerprint density at radius 1 is 1.20 bits per heavy atom. The molecule has 8 nitrogen and oxygen atoms in total. The van der Waals surface area contributed by atoms with Gasteiger partial charge in [0.1, 0.15) is 5.75 Å². The molecule has 9 heteroatoms. The Kier molecular flexibility index (Phi) is 7.85. The molecule has 0 saturated carbocycles. The van der Waals surface area contributed by atoms with E-state index in [9.17, 15) is 9.59 Å². The van der Waals surface area contributed by atoms with Crippen molar-refractivity contribution in [2.24, 2.45) is 4.99 Å². The van der Waals surface area contributed by atoms with Crippen LogP contribution in [-0.2, 0) is 9.53 Å². The summed E-state index contributed by atoms with van der Waals surface area (Å²) < 4.78 is 24.4. The van der Waals surface area contributed by atoms with E-state index in [-0.39, 0.29) is 24.9 Å². The van der Waals surface area contributed by atoms with Crippen molar-refractivity contribution < 1.29 is 23.7 Å². The normalized spacial score (nSPS) is 16.3. The molecule has 0 spiro atoms. The zero-order valence-electron chi connectivity index (χ0n) is 23.7. The van der Waals surface area contributed by atoms with Crippen LogP contribution in [0.15, 0.2) is 51.4 Å². The molecule has 2 aliphatic rings. The van der Waals surface area contributed by atoms with E-state index in [1.165, 1.54) is 11.3 Å². The third kappa shape index (κ3) is 4.94. The van der Waals surface area contributed by atoms with E-state index in [1.807, 2.05) is 44.2 Å². The molecule has 1 aromatic heterocycles. The average molecular weight is 563 g/mol. The standard InChI is InChI=1S/C31H34N2O6S/c1-7-9-22-27(30(35)37-8-2)28(19-10-11-23-25(14-19)39-16-38-23)33-29(34)26(40-31(33)32-22)15-20-13-21(17(3)4)24(36-6)12-18(20)5/h10-15,17,28H,7-9,16H2,1-6H3/b26-15+/t28-/m1/s1. The monoisotopic (exact) mass is 562 g/mol. The summed E-state index contributed by atoms with van der Waals surface area (Å²) in [5.41, 5.74) is 4.53. The molecule has 0 unspecified atom stereocenters. The van der Waals surface area contributed by atoms with Crippen molar-refractivity contribution in [1.29, 1.82) is 0 Å². The lowest BCUT2D eigenvalue weighted by Gasteiger charge is -2.25. The molecule has 210 valence electrons. The number of aromatic nitrogens is 1. The van der Waals surface area contributed by atoms with E-state index in [0.29, 0.717) is 38.5 Å². The first-order valence-electron chi connectivity index (χ1n) is 13.6. The molecule has 0 fully saturated rings. The van der Waals surface area contributed by atoms with E-state index < -0.39 is 12.0 Å². The number of nitrogens with zero attached hydrogens (tertiary/aromatic N) is 2. The summed E-state index contributed by atoms with van der Waals surface area (Å²) in [5.74, 6) is 1.81. The van der Waals surface area contributed by atoms with Gasteiger partial charge in [0.05, 0.1) is 35.6 Å². The van der Waals surface area contributed by atoms with Gasteiger partial charge < -0.3 is 18.9 Å². The zero-order chi connectivity index (χ0) is 28.6. The van der Waals surface area contributed by atoms with Gasteiger partial charge in [-0.2, -0.15) is 0 Å². The Morgan fingerprint density at radius 2 is 1.98 bits per heavy atom. The van der Waals surface area contributed by atoms with Crippen molar-refractivity contribution in [1.82, 2.24) is 4.57 Å². The second-order valence-corrected chi connectivity index (χ2v) is 11.1. The van der Waals surface area contributed by atoms with Crippen LogP contribution in [-0.4, -0.2) is 31.0 Å². The van der Waals surface area contributed by atoms with Gasteiger partial charge in [0.15, 0.2) is 16.3 Å². The Balaban J connectivity index is 1.75. The van der Waals surface area contributed by atoms with E-state index in [1.54, 1.807) is 18.6 Å². The summed E-state index contributed by atoms with van der Waals surface area (Å²) in [7, 11) is 1.67. The van der Waals surface area contributed by atoms with Gasteiger partial charge in [-0.05, 0) is 78.8 Å². The van der Waals surface area contributed by atoms with Crippen molar-refractivity contribution in [2.75, 3.05) is 20.5 Å². The number of allylic oxidation sites excluding steroid dienone is 1. The molecular weight excluding hydrogens is 528 g/mol. The maximum Gasteiger partial charge on any atom is 0.338 e. The third-order valence-electron chi connectivity index (χ3n) is 7.13. The van der Waals surface area contributed by atoms with Gasteiger partial charge in [-0.3, -0.25) is 9.36 Å². The topological polar surface area (TPSA) is 88.4 Å². The average Bonchev–Trinajstić information content (AvgIpc) is 3.52. The molecule has 3 heterocycles. The molecule has 0 N–H and O–H groups in total. The number of rotatable bonds is 8. The maximum absolute atomic E-state index is 14.1. The van der Waals surface area contributed by atoms with Crippen LogP contribution < -0.4 is 29.1 Å². The Hall–Kier alpha value is -3.85. The molecule has 3 aromatic rings. The number of methoxy groups -OCH3 is 1. The lowest BCUT2D eigenvalue weighted by atomic mass is 9.94. The van der Waals surface area contributed by atoms with Gasteiger partial charge in [-0.1, -0.05) is 44.6 Å². The fraction of sp³-hybridized carbons (Fsp3) is 0.387. The van der Waals surface area contributed by atoms with Crippen LogP contribution in [0.25, 0.3) is 6.08 Å². The van der Waals surface area contributed by atoms with Gasteiger partial charge in [0, 0.05) is 0 Å². The highest BCUT2D eigenvalue weighted by atomic mass is 32.1. The number of benzene rings is 2. The minimum atomic E-state index is -0.711. The maximum atomic E-state index is 14.1. The van der Waals surface area contributed by atoms with Gasteiger partial charge in [-0.25, -0.2) is 9.79 Å². The van der Waals surface area contributed by atoms with Crippen LogP contribution >= 0.6 is 11.3 Å². The van der Waals surface area contributed by atoms with E-state index in [0.717, 1.165) is 34.4 Å². The van der Waals surface area contributed by atoms with Gasteiger partial charge in [0.25, 0.3) is 5.56 Å². The summed E-state index contributed by atoms with van der Waals surface area (Å²) in [4.78, 5) is 32.9. The van der Waals surface area contributed by atoms with Crippen LogP contribution in [0, 0.1) is 6.92 Å². The number of aryl methyl sites for hydroxylation is 1. The number of carbonyl (C=O) groups is 1. The number of hydrogen-bond donors (Lipinski definition) is 0. The highest BCUT2D eigenvalue weighted by Gasteiger charge is 2.35. The predicted molar refractivity (Wildman–Crippen MR) is 154 cm³/mol. The van der Waals surface area contributed by atoms with Crippen LogP contribution in [0.1, 0.15) is 74.8 Å². The van der Waals surface area contributed by atoms with Gasteiger partial charge in [0.2, 0.25) is 6.79 Å². The first-order valence-corrected chi connectivity index (χ1v) is 14.4.